The van der Waals surface area contributed by atoms with Crippen molar-refractivity contribution in [3.8, 4) is 0 Å². The summed E-state index contributed by atoms with van der Waals surface area (Å²) in [5, 5.41) is 1.20. The molecule has 1 aromatic rings. The quantitative estimate of drug-likeness (QED) is 0.702. The van der Waals surface area contributed by atoms with Gasteiger partial charge in [-0.1, -0.05) is 0 Å². The normalized spacial score (nSPS) is 18.9. The first-order valence-corrected chi connectivity index (χ1v) is 5.86. The summed E-state index contributed by atoms with van der Waals surface area (Å²) in [7, 11) is 2.18. The van der Waals surface area contributed by atoms with Gasteiger partial charge in [0.1, 0.15) is 0 Å². The number of hydrogen-bond donors (Lipinski definition) is 0. The Morgan fingerprint density at radius 1 is 1.14 bits per heavy atom. The van der Waals surface area contributed by atoms with Gasteiger partial charge in [0, 0.05) is 31.1 Å². The highest BCUT2D eigenvalue weighted by molar-refractivity contribution is 7.15. The molecule has 0 spiro atoms. The van der Waals surface area contributed by atoms with E-state index in [1.165, 1.54) is 15.7 Å². The molecular weight excluding hydrogens is 194 g/mol. The molecule has 0 saturated carbocycles. The summed E-state index contributed by atoms with van der Waals surface area (Å²) in [6.07, 6.45) is 0. The minimum atomic E-state index is 1.11. The van der Waals surface area contributed by atoms with Crippen LogP contribution in [0.1, 0.15) is 10.6 Å². The third-order valence-electron chi connectivity index (χ3n) is 2.79. The summed E-state index contributed by atoms with van der Waals surface area (Å²) < 4.78 is 0. The molecule has 1 saturated heterocycles. The van der Waals surface area contributed by atoms with Crippen molar-refractivity contribution in [2.24, 2.45) is 0 Å². The molecule has 2 heterocycles. The Hall–Kier alpha value is -0.610. The number of hydrogen-bond acceptors (Lipinski definition) is 4. The average molecular weight is 211 g/mol. The number of aryl methyl sites for hydroxylation is 2. The van der Waals surface area contributed by atoms with Gasteiger partial charge >= 0.3 is 0 Å². The van der Waals surface area contributed by atoms with E-state index in [-0.39, 0.29) is 0 Å². The predicted molar refractivity (Wildman–Crippen MR) is 61.3 cm³/mol. The van der Waals surface area contributed by atoms with E-state index in [2.05, 4.69) is 35.7 Å². The third kappa shape index (κ3) is 1.91. The molecule has 3 nitrogen and oxygen atoms in total. The van der Waals surface area contributed by atoms with Crippen molar-refractivity contribution in [1.29, 1.82) is 0 Å². The first-order valence-electron chi connectivity index (χ1n) is 5.04. The molecule has 1 fully saturated rings. The van der Waals surface area contributed by atoms with Crippen molar-refractivity contribution in [2.75, 3.05) is 38.1 Å². The van der Waals surface area contributed by atoms with E-state index in [1.807, 2.05) is 11.3 Å². The summed E-state index contributed by atoms with van der Waals surface area (Å²) >= 11 is 1.82. The zero-order valence-corrected chi connectivity index (χ0v) is 9.89. The van der Waals surface area contributed by atoms with E-state index < -0.39 is 0 Å². The number of rotatable bonds is 1. The van der Waals surface area contributed by atoms with Gasteiger partial charge in [0.25, 0.3) is 0 Å². The van der Waals surface area contributed by atoms with Gasteiger partial charge in [0.15, 0.2) is 5.13 Å². The molecule has 2 rings (SSSR count). The minimum absolute atomic E-state index is 1.11. The maximum atomic E-state index is 4.58. The summed E-state index contributed by atoms with van der Waals surface area (Å²) in [6, 6.07) is 0. The molecule has 0 bridgehead atoms. The van der Waals surface area contributed by atoms with Gasteiger partial charge in [-0.2, -0.15) is 0 Å². The standard InChI is InChI=1S/C10H17N3S/c1-8-9(2)14-10(11-8)13-6-4-12(3)5-7-13/h4-7H2,1-3H3. The highest BCUT2D eigenvalue weighted by Gasteiger charge is 2.17. The molecule has 0 radical (unpaired) electrons. The van der Waals surface area contributed by atoms with Gasteiger partial charge in [-0.3, -0.25) is 0 Å². The van der Waals surface area contributed by atoms with Crippen molar-refractivity contribution >= 4 is 16.5 Å². The molecular formula is C10H17N3S. The first kappa shape index (κ1) is 9.93. The lowest BCUT2D eigenvalue weighted by atomic mass is 10.3. The molecule has 0 aliphatic carbocycles. The van der Waals surface area contributed by atoms with Gasteiger partial charge in [-0.25, -0.2) is 4.98 Å². The van der Waals surface area contributed by atoms with Crippen LogP contribution in [0.5, 0.6) is 0 Å². The van der Waals surface area contributed by atoms with Gasteiger partial charge in [0.05, 0.1) is 5.69 Å². The zero-order valence-electron chi connectivity index (χ0n) is 9.08. The smallest absolute Gasteiger partial charge is 0.185 e. The molecule has 0 N–H and O–H groups in total. The monoisotopic (exact) mass is 211 g/mol. The van der Waals surface area contributed by atoms with Crippen LogP contribution >= 0.6 is 11.3 Å². The van der Waals surface area contributed by atoms with Crippen LogP contribution < -0.4 is 4.90 Å². The Morgan fingerprint density at radius 3 is 2.29 bits per heavy atom. The van der Waals surface area contributed by atoms with Crippen LogP contribution in [-0.4, -0.2) is 43.1 Å². The van der Waals surface area contributed by atoms with Crippen molar-refractivity contribution in [3.05, 3.63) is 10.6 Å². The van der Waals surface area contributed by atoms with Crippen molar-refractivity contribution in [1.82, 2.24) is 9.88 Å². The lowest BCUT2D eigenvalue weighted by molar-refractivity contribution is 0.312. The number of anilines is 1. The van der Waals surface area contributed by atoms with Gasteiger partial charge in [0.2, 0.25) is 0 Å². The van der Waals surface area contributed by atoms with Crippen LogP contribution in [0.2, 0.25) is 0 Å². The summed E-state index contributed by atoms with van der Waals surface area (Å²) in [4.78, 5) is 10.7. The lowest BCUT2D eigenvalue weighted by Gasteiger charge is -2.32. The Kier molecular flexibility index (Phi) is 2.74. The molecule has 0 atom stereocenters. The molecule has 0 unspecified atom stereocenters. The van der Waals surface area contributed by atoms with E-state index in [0.29, 0.717) is 0 Å². The van der Waals surface area contributed by atoms with Crippen LogP contribution in [0, 0.1) is 13.8 Å². The Bertz CT molecular complexity index is 294. The van der Waals surface area contributed by atoms with Crippen molar-refractivity contribution in [2.45, 2.75) is 13.8 Å². The maximum Gasteiger partial charge on any atom is 0.185 e. The molecule has 78 valence electrons. The second-order valence-electron chi connectivity index (χ2n) is 3.93. The number of piperazine rings is 1. The van der Waals surface area contributed by atoms with Gasteiger partial charge < -0.3 is 9.80 Å². The molecule has 1 aromatic heterocycles. The van der Waals surface area contributed by atoms with Crippen molar-refractivity contribution < 1.29 is 0 Å². The molecule has 1 aliphatic rings. The number of likely N-dealkylation sites (N-methyl/N-ethyl adjacent to an activating group) is 1. The second-order valence-corrected chi connectivity index (χ2v) is 5.11. The molecule has 1 aliphatic heterocycles. The highest BCUT2D eigenvalue weighted by Crippen LogP contribution is 2.25. The fraction of sp³-hybridized carbons (Fsp3) is 0.700. The Balaban J connectivity index is 2.08. The molecule has 0 amide bonds. The second kappa shape index (κ2) is 3.87. The van der Waals surface area contributed by atoms with E-state index in [1.54, 1.807) is 0 Å². The fourth-order valence-electron chi connectivity index (χ4n) is 1.59. The summed E-state index contributed by atoms with van der Waals surface area (Å²) in [5.74, 6) is 0. The fourth-order valence-corrected chi connectivity index (χ4v) is 2.55. The predicted octanol–water partition coefficient (Wildman–Crippen LogP) is 1.51. The molecule has 14 heavy (non-hydrogen) atoms. The van der Waals surface area contributed by atoms with E-state index >= 15 is 0 Å². The highest BCUT2D eigenvalue weighted by atomic mass is 32.1. The topological polar surface area (TPSA) is 19.4 Å². The summed E-state index contributed by atoms with van der Waals surface area (Å²) in [6.45, 7) is 8.76. The van der Waals surface area contributed by atoms with Gasteiger partial charge in [-0.05, 0) is 20.9 Å². The number of thiazole rings is 1. The number of nitrogens with zero attached hydrogens (tertiary/aromatic N) is 3. The molecule has 4 heteroatoms. The first-order chi connectivity index (χ1) is 6.66. The van der Waals surface area contributed by atoms with Crippen LogP contribution in [0.4, 0.5) is 5.13 Å². The van der Waals surface area contributed by atoms with Gasteiger partial charge in [-0.15, -0.1) is 11.3 Å². The van der Waals surface area contributed by atoms with E-state index in [9.17, 15) is 0 Å². The van der Waals surface area contributed by atoms with E-state index in [4.69, 9.17) is 0 Å². The zero-order chi connectivity index (χ0) is 10.1. The largest absolute Gasteiger partial charge is 0.346 e. The van der Waals surface area contributed by atoms with E-state index in [0.717, 1.165) is 26.2 Å². The molecule has 0 aromatic carbocycles. The maximum absolute atomic E-state index is 4.58. The SMILES string of the molecule is Cc1nc(N2CCN(C)CC2)sc1C. The van der Waals surface area contributed by atoms with Crippen LogP contribution in [0.3, 0.4) is 0 Å². The Morgan fingerprint density at radius 2 is 1.79 bits per heavy atom. The van der Waals surface area contributed by atoms with Crippen LogP contribution in [-0.2, 0) is 0 Å². The average Bonchev–Trinajstić information content (AvgIpc) is 2.48. The summed E-state index contributed by atoms with van der Waals surface area (Å²) in [5.41, 5.74) is 1.18. The lowest BCUT2D eigenvalue weighted by Crippen LogP contribution is -2.44. The minimum Gasteiger partial charge on any atom is -0.346 e. The van der Waals surface area contributed by atoms with Crippen LogP contribution in [0.25, 0.3) is 0 Å². The van der Waals surface area contributed by atoms with Crippen molar-refractivity contribution in [3.63, 3.8) is 0 Å². The third-order valence-corrected chi connectivity index (χ3v) is 3.92. The number of aromatic nitrogens is 1. The van der Waals surface area contributed by atoms with Crippen LogP contribution in [0.15, 0.2) is 0 Å². The Labute approximate surface area is 89.4 Å².